The number of esters is 2. The topological polar surface area (TPSA) is 108 Å². The number of aliphatic hydroxyl groups excluding tert-OH is 1. The minimum absolute atomic E-state index is 0.0233. The highest BCUT2D eigenvalue weighted by atomic mass is 31.2. The van der Waals surface area contributed by atoms with E-state index in [0.29, 0.717) is 12.0 Å². The van der Waals surface area contributed by atoms with Gasteiger partial charge in [0.15, 0.2) is 0 Å². The lowest BCUT2D eigenvalue weighted by atomic mass is 9.98. The van der Waals surface area contributed by atoms with E-state index in [1.807, 2.05) is 0 Å². The van der Waals surface area contributed by atoms with Crippen LogP contribution in [0.3, 0.4) is 0 Å². The summed E-state index contributed by atoms with van der Waals surface area (Å²) in [5, 5.41) is 9.01. The van der Waals surface area contributed by atoms with Gasteiger partial charge < -0.3 is 14.6 Å². The van der Waals surface area contributed by atoms with Crippen LogP contribution in [-0.4, -0.2) is 43.4 Å². The molecule has 0 fully saturated rings. The standard InChI is InChI=1S/C18H33O8P/c1-14(11-19)9-8-10-27(22,25-12-23-15(20)17(2,3)4)26-13-24-16(21)18(5,6)7/h9,19H,8,10-13H2,1-7H3/b14-9+. The fraction of sp³-hybridized carbons (Fsp3) is 0.778. The van der Waals surface area contributed by atoms with E-state index >= 15 is 0 Å². The molecule has 0 aliphatic carbocycles. The van der Waals surface area contributed by atoms with Gasteiger partial charge in [-0.2, -0.15) is 0 Å². The molecule has 27 heavy (non-hydrogen) atoms. The van der Waals surface area contributed by atoms with Gasteiger partial charge in [-0.15, -0.1) is 0 Å². The Labute approximate surface area is 161 Å². The van der Waals surface area contributed by atoms with E-state index in [1.54, 1.807) is 54.5 Å². The van der Waals surface area contributed by atoms with E-state index < -0.39 is 44.0 Å². The first-order valence-corrected chi connectivity index (χ1v) is 10.4. The number of hydrogen-bond donors (Lipinski definition) is 1. The van der Waals surface area contributed by atoms with Crippen molar-refractivity contribution in [3.8, 4) is 0 Å². The molecule has 8 nitrogen and oxygen atoms in total. The van der Waals surface area contributed by atoms with E-state index in [0.717, 1.165) is 0 Å². The first-order chi connectivity index (χ1) is 12.2. The van der Waals surface area contributed by atoms with E-state index in [-0.39, 0.29) is 12.8 Å². The molecule has 9 heteroatoms. The van der Waals surface area contributed by atoms with Crippen molar-refractivity contribution < 1.29 is 37.8 Å². The summed E-state index contributed by atoms with van der Waals surface area (Å²) in [5.74, 6) is -1.02. The molecule has 0 spiro atoms. The summed E-state index contributed by atoms with van der Waals surface area (Å²) < 4.78 is 33.1. The predicted molar refractivity (Wildman–Crippen MR) is 101 cm³/mol. The molecule has 0 aromatic heterocycles. The van der Waals surface area contributed by atoms with Crippen molar-refractivity contribution in [2.24, 2.45) is 10.8 Å². The fourth-order valence-corrected chi connectivity index (χ4v) is 2.66. The Morgan fingerprint density at radius 1 is 0.926 bits per heavy atom. The summed E-state index contributed by atoms with van der Waals surface area (Å²) in [5.41, 5.74) is -0.741. The Balaban J connectivity index is 4.81. The van der Waals surface area contributed by atoms with E-state index in [4.69, 9.17) is 23.6 Å². The van der Waals surface area contributed by atoms with Crippen LogP contribution in [-0.2, 0) is 32.7 Å². The van der Waals surface area contributed by atoms with Crippen LogP contribution in [0.2, 0.25) is 0 Å². The van der Waals surface area contributed by atoms with Gasteiger partial charge in [-0.3, -0.25) is 23.2 Å². The van der Waals surface area contributed by atoms with Gasteiger partial charge in [-0.25, -0.2) is 0 Å². The average molecular weight is 408 g/mol. The van der Waals surface area contributed by atoms with Gasteiger partial charge in [0.05, 0.1) is 23.6 Å². The van der Waals surface area contributed by atoms with Gasteiger partial charge in [0.2, 0.25) is 13.6 Å². The summed E-state index contributed by atoms with van der Waals surface area (Å²) in [6.45, 7) is 10.6. The number of carbonyl (C=O) groups is 2. The lowest BCUT2D eigenvalue weighted by molar-refractivity contribution is -0.162. The van der Waals surface area contributed by atoms with Gasteiger partial charge in [-0.05, 0) is 54.9 Å². The van der Waals surface area contributed by atoms with Crippen molar-refractivity contribution in [1.29, 1.82) is 0 Å². The van der Waals surface area contributed by atoms with Crippen molar-refractivity contribution in [3.63, 3.8) is 0 Å². The van der Waals surface area contributed by atoms with Crippen LogP contribution < -0.4 is 0 Å². The second kappa shape index (κ2) is 11.0. The first-order valence-electron chi connectivity index (χ1n) is 8.70. The second-order valence-electron chi connectivity index (χ2n) is 8.19. The van der Waals surface area contributed by atoms with E-state index in [2.05, 4.69) is 0 Å². The number of allylic oxidation sites excluding steroid dienone is 1. The first kappa shape index (κ1) is 25.8. The molecule has 0 amide bonds. The maximum Gasteiger partial charge on any atom is 0.336 e. The maximum atomic E-state index is 12.8. The van der Waals surface area contributed by atoms with Crippen LogP contribution in [0, 0.1) is 10.8 Å². The van der Waals surface area contributed by atoms with Crippen molar-refractivity contribution in [1.82, 2.24) is 0 Å². The molecule has 1 N–H and O–H groups in total. The summed E-state index contributed by atoms with van der Waals surface area (Å²) >= 11 is 0. The number of aliphatic hydroxyl groups is 1. The third-order valence-electron chi connectivity index (χ3n) is 3.25. The molecule has 0 radical (unpaired) electrons. The molecule has 0 aromatic carbocycles. The molecular weight excluding hydrogens is 375 g/mol. The van der Waals surface area contributed by atoms with E-state index in [1.165, 1.54) is 0 Å². The third-order valence-corrected chi connectivity index (χ3v) is 5.05. The molecule has 0 unspecified atom stereocenters. The van der Waals surface area contributed by atoms with Crippen LogP contribution >= 0.6 is 7.60 Å². The Hall–Kier alpha value is -1.21. The molecular formula is C18H33O8P. The monoisotopic (exact) mass is 408 g/mol. The molecule has 0 atom stereocenters. The fourth-order valence-electron chi connectivity index (χ4n) is 1.45. The molecule has 0 aliphatic rings. The molecule has 0 saturated carbocycles. The smallest absolute Gasteiger partial charge is 0.336 e. The highest BCUT2D eigenvalue weighted by molar-refractivity contribution is 7.53. The Morgan fingerprint density at radius 2 is 1.33 bits per heavy atom. The van der Waals surface area contributed by atoms with Gasteiger partial charge in [-0.1, -0.05) is 11.6 Å². The molecule has 158 valence electrons. The highest BCUT2D eigenvalue weighted by Gasteiger charge is 2.29. The summed E-state index contributed by atoms with van der Waals surface area (Å²) in [7, 11) is -3.68. The van der Waals surface area contributed by atoms with Crippen molar-refractivity contribution in [3.05, 3.63) is 11.6 Å². The molecule has 0 heterocycles. The van der Waals surface area contributed by atoms with E-state index in [9.17, 15) is 14.2 Å². The van der Waals surface area contributed by atoms with Crippen LogP contribution in [0.15, 0.2) is 11.6 Å². The van der Waals surface area contributed by atoms with Crippen molar-refractivity contribution >= 4 is 19.5 Å². The van der Waals surface area contributed by atoms with Gasteiger partial charge in [0.25, 0.3) is 0 Å². The van der Waals surface area contributed by atoms with Gasteiger partial charge in [0, 0.05) is 0 Å². The largest absolute Gasteiger partial charge is 0.438 e. The highest BCUT2D eigenvalue weighted by Crippen LogP contribution is 2.49. The zero-order chi connectivity index (χ0) is 21.3. The van der Waals surface area contributed by atoms with Crippen LogP contribution in [0.5, 0.6) is 0 Å². The van der Waals surface area contributed by atoms with Crippen LogP contribution in [0.25, 0.3) is 0 Å². The molecule has 0 aliphatic heterocycles. The summed E-state index contributed by atoms with van der Waals surface area (Å²) in [6, 6.07) is 0. The Morgan fingerprint density at radius 3 is 1.67 bits per heavy atom. The number of hydrogen-bond acceptors (Lipinski definition) is 8. The van der Waals surface area contributed by atoms with Crippen molar-refractivity contribution in [2.75, 3.05) is 26.4 Å². The minimum atomic E-state index is -3.68. The number of rotatable bonds is 10. The lowest BCUT2D eigenvalue weighted by Crippen LogP contribution is -2.25. The molecule has 0 rings (SSSR count). The zero-order valence-corrected chi connectivity index (χ0v) is 18.3. The number of carbonyl (C=O) groups excluding carboxylic acids is 2. The third kappa shape index (κ3) is 11.3. The average Bonchev–Trinajstić information content (AvgIpc) is 2.52. The summed E-state index contributed by atoms with van der Waals surface area (Å²) in [6.07, 6.45) is 1.98. The SMILES string of the molecule is C/C(=C\CCP(=O)(OCOC(=O)C(C)(C)C)OCOC(=O)C(C)(C)C)CO. The van der Waals surface area contributed by atoms with Crippen molar-refractivity contribution in [2.45, 2.75) is 54.9 Å². The predicted octanol–water partition coefficient (Wildman–Crippen LogP) is 3.64. The van der Waals surface area contributed by atoms with Crippen LogP contribution in [0.4, 0.5) is 0 Å². The minimum Gasteiger partial charge on any atom is -0.438 e. The zero-order valence-electron chi connectivity index (χ0n) is 17.4. The summed E-state index contributed by atoms with van der Waals surface area (Å²) in [4.78, 5) is 23.5. The lowest BCUT2D eigenvalue weighted by Gasteiger charge is -2.21. The Kier molecular flexibility index (Phi) is 10.5. The quantitative estimate of drug-likeness (QED) is 0.253. The number of ether oxygens (including phenoxy) is 2. The molecule has 0 saturated heterocycles. The van der Waals surface area contributed by atoms with Gasteiger partial charge >= 0.3 is 19.5 Å². The normalized spacial score (nSPS) is 13.4. The van der Waals surface area contributed by atoms with Gasteiger partial charge in [0.1, 0.15) is 0 Å². The second-order valence-corrected chi connectivity index (χ2v) is 10.4. The molecule has 0 aromatic rings. The van der Waals surface area contributed by atoms with Crippen LogP contribution in [0.1, 0.15) is 54.9 Å². The molecule has 0 bridgehead atoms. The maximum absolute atomic E-state index is 12.8. The Bertz CT molecular complexity index is 533.